The number of likely N-dealkylation sites (N-methyl/N-ethyl adjacent to an activating group) is 1. The van der Waals surface area contributed by atoms with Gasteiger partial charge in [0.05, 0.1) is 18.6 Å². The molecule has 4 rings (SSSR count). The number of rotatable bonds is 5. The molecule has 1 aromatic rings. The van der Waals surface area contributed by atoms with E-state index in [4.69, 9.17) is 0 Å². The summed E-state index contributed by atoms with van der Waals surface area (Å²) in [6.45, 7) is 5.58. The first-order valence-corrected chi connectivity index (χ1v) is 9.32. The van der Waals surface area contributed by atoms with Crippen molar-refractivity contribution in [3.05, 3.63) is 17.7 Å². The van der Waals surface area contributed by atoms with Crippen LogP contribution in [0.4, 0.5) is 0 Å². The van der Waals surface area contributed by atoms with Crippen LogP contribution in [0.2, 0.25) is 0 Å². The van der Waals surface area contributed by atoms with Gasteiger partial charge in [-0.05, 0) is 51.9 Å². The fourth-order valence-electron chi connectivity index (χ4n) is 4.30. The Labute approximate surface area is 138 Å². The number of carbonyl (C=O) groups excluding carboxylic acids is 1. The Kier molecular flexibility index (Phi) is 4.14. The average molecular weight is 316 g/mol. The molecule has 1 atom stereocenters. The zero-order chi connectivity index (χ0) is 15.8. The van der Waals surface area contributed by atoms with Crippen LogP contribution in [-0.4, -0.2) is 57.5 Å². The van der Waals surface area contributed by atoms with Crippen LogP contribution in [-0.2, 0) is 17.6 Å². The molecule has 126 valence electrons. The summed E-state index contributed by atoms with van der Waals surface area (Å²) in [6.07, 6.45) is 10.5. The van der Waals surface area contributed by atoms with Crippen LogP contribution in [0.25, 0.3) is 0 Å². The molecule has 5 nitrogen and oxygen atoms in total. The lowest BCUT2D eigenvalue weighted by Crippen LogP contribution is -2.40. The normalized spacial score (nSPS) is 24.7. The highest BCUT2D eigenvalue weighted by molar-refractivity contribution is 5.79. The van der Waals surface area contributed by atoms with Crippen molar-refractivity contribution in [3.63, 3.8) is 0 Å². The van der Waals surface area contributed by atoms with Crippen molar-refractivity contribution in [1.82, 2.24) is 19.4 Å². The molecule has 0 N–H and O–H groups in total. The molecule has 2 heterocycles. The summed E-state index contributed by atoms with van der Waals surface area (Å²) in [5, 5.41) is 0. The van der Waals surface area contributed by atoms with Gasteiger partial charge in [0, 0.05) is 37.4 Å². The first kappa shape index (κ1) is 15.2. The number of fused-ring (bicyclic) bond motifs is 1. The molecule has 1 saturated heterocycles. The van der Waals surface area contributed by atoms with Crippen LogP contribution in [0.5, 0.6) is 0 Å². The minimum atomic E-state index is 0.323. The van der Waals surface area contributed by atoms with E-state index in [9.17, 15) is 4.79 Å². The van der Waals surface area contributed by atoms with Crippen molar-refractivity contribution in [1.29, 1.82) is 0 Å². The minimum absolute atomic E-state index is 0.323. The van der Waals surface area contributed by atoms with Crippen molar-refractivity contribution in [2.75, 3.05) is 26.2 Å². The summed E-state index contributed by atoms with van der Waals surface area (Å²) >= 11 is 0. The molecule has 1 aliphatic heterocycles. The zero-order valence-corrected chi connectivity index (χ0v) is 14.2. The van der Waals surface area contributed by atoms with Gasteiger partial charge in [0.25, 0.3) is 0 Å². The van der Waals surface area contributed by atoms with E-state index in [1.165, 1.54) is 43.5 Å². The number of aromatic nitrogens is 2. The van der Waals surface area contributed by atoms with Crippen molar-refractivity contribution in [2.24, 2.45) is 0 Å². The topological polar surface area (TPSA) is 41.4 Å². The number of hydrogen-bond donors (Lipinski definition) is 0. The third kappa shape index (κ3) is 3.03. The van der Waals surface area contributed by atoms with Gasteiger partial charge >= 0.3 is 0 Å². The van der Waals surface area contributed by atoms with Crippen molar-refractivity contribution in [3.8, 4) is 0 Å². The lowest BCUT2D eigenvalue weighted by molar-refractivity contribution is -0.132. The second-order valence-electron chi connectivity index (χ2n) is 7.34. The fourth-order valence-corrected chi connectivity index (χ4v) is 4.30. The van der Waals surface area contributed by atoms with Gasteiger partial charge in [-0.1, -0.05) is 0 Å². The minimum Gasteiger partial charge on any atom is -0.339 e. The van der Waals surface area contributed by atoms with E-state index in [0.29, 0.717) is 24.5 Å². The number of carbonyl (C=O) groups is 1. The van der Waals surface area contributed by atoms with E-state index < -0.39 is 0 Å². The lowest BCUT2D eigenvalue weighted by atomic mass is 10.0. The Balaban J connectivity index is 1.37. The number of aryl methyl sites for hydroxylation is 1. The number of imidazole rings is 1. The molecule has 1 amide bonds. The lowest BCUT2D eigenvalue weighted by Gasteiger charge is -2.24. The van der Waals surface area contributed by atoms with Crippen LogP contribution in [0, 0.1) is 0 Å². The third-order valence-electron chi connectivity index (χ3n) is 5.71. The van der Waals surface area contributed by atoms with E-state index >= 15 is 0 Å². The molecule has 1 aromatic heterocycles. The second-order valence-corrected chi connectivity index (χ2v) is 7.34. The van der Waals surface area contributed by atoms with Crippen LogP contribution in [0.1, 0.15) is 56.5 Å². The maximum Gasteiger partial charge on any atom is 0.236 e. The highest BCUT2D eigenvalue weighted by Crippen LogP contribution is 2.29. The molecule has 2 aliphatic carbocycles. The molecule has 1 saturated carbocycles. The molecule has 0 bridgehead atoms. The summed E-state index contributed by atoms with van der Waals surface area (Å²) < 4.78 is 2.41. The molecule has 1 unspecified atom stereocenters. The molecule has 2 fully saturated rings. The Hall–Kier alpha value is -1.36. The van der Waals surface area contributed by atoms with Gasteiger partial charge in [-0.15, -0.1) is 0 Å². The third-order valence-corrected chi connectivity index (χ3v) is 5.71. The van der Waals surface area contributed by atoms with Gasteiger partial charge in [-0.25, -0.2) is 4.98 Å². The monoisotopic (exact) mass is 316 g/mol. The quantitative estimate of drug-likeness (QED) is 0.834. The zero-order valence-electron chi connectivity index (χ0n) is 14.2. The van der Waals surface area contributed by atoms with Crippen LogP contribution >= 0.6 is 0 Å². The van der Waals surface area contributed by atoms with Crippen LogP contribution in [0.15, 0.2) is 6.33 Å². The number of nitrogens with zero attached hydrogens (tertiary/aromatic N) is 4. The number of likely N-dealkylation sites (tertiary alicyclic amines) is 1. The Morgan fingerprint density at radius 2 is 2.13 bits per heavy atom. The van der Waals surface area contributed by atoms with E-state index in [2.05, 4.69) is 32.6 Å². The summed E-state index contributed by atoms with van der Waals surface area (Å²) in [4.78, 5) is 21.5. The Morgan fingerprint density at radius 3 is 2.91 bits per heavy atom. The van der Waals surface area contributed by atoms with E-state index in [1.54, 1.807) is 0 Å². The molecule has 0 radical (unpaired) electrons. The molecule has 5 heteroatoms. The van der Waals surface area contributed by atoms with Crippen LogP contribution in [0.3, 0.4) is 0 Å². The van der Waals surface area contributed by atoms with Crippen molar-refractivity contribution >= 4 is 5.91 Å². The summed E-state index contributed by atoms with van der Waals surface area (Å²) in [5.41, 5.74) is 2.78. The molecule has 0 spiro atoms. The predicted molar refractivity (Wildman–Crippen MR) is 89.4 cm³/mol. The standard InChI is InChI=1S/C18H28N4O/c1-2-21(14-7-8-14)18(23)12-20-10-9-15(11-20)22-13-19-16-5-3-4-6-17(16)22/h13-15H,2-12H2,1H3. The smallest absolute Gasteiger partial charge is 0.236 e. The predicted octanol–water partition coefficient (Wildman–Crippen LogP) is 2.02. The van der Waals surface area contributed by atoms with Gasteiger partial charge in [-0.3, -0.25) is 9.69 Å². The molecular weight excluding hydrogens is 288 g/mol. The SMILES string of the molecule is CCN(C(=O)CN1CCC(n2cnc3c2CCCC3)C1)C1CC1. The summed E-state index contributed by atoms with van der Waals surface area (Å²) in [6, 6.07) is 1.04. The molecular formula is C18H28N4O. The number of hydrogen-bond acceptors (Lipinski definition) is 3. The largest absolute Gasteiger partial charge is 0.339 e. The maximum atomic E-state index is 12.5. The second kappa shape index (κ2) is 6.27. The first-order valence-electron chi connectivity index (χ1n) is 9.32. The van der Waals surface area contributed by atoms with E-state index in [-0.39, 0.29) is 0 Å². The van der Waals surface area contributed by atoms with Gasteiger partial charge in [0.1, 0.15) is 0 Å². The molecule has 23 heavy (non-hydrogen) atoms. The van der Waals surface area contributed by atoms with Crippen molar-refractivity contribution < 1.29 is 4.79 Å². The maximum absolute atomic E-state index is 12.5. The van der Waals surface area contributed by atoms with Crippen LogP contribution < -0.4 is 0 Å². The van der Waals surface area contributed by atoms with Gasteiger partial charge in [0.2, 0.25) is 5.91 Å². The highest BCUT2D eigenvalue weighted by atomic mass is 16.2. The first-order chi connectivity index (χ1) is 11.3. The highest BCUT2D eigenvalue weighted by Gasteiger charge is 2.34. The molecule has 3 aliphatic rings. The number of amides is 1. The van der Waals surface area contributed by atoms with Gasteiger partial charge in [0.15, 0.2) is 0 Å². The average Bonchev–Trinajstić information content (AvgIpc) is 3.12. The fraction of sp³-hybridized carbons (Fsp3) is 0.778. The summed E-state index contributed by atoms with van der Waals surface area (Å²) in [5.74, 6) is 0.323. The Bertz CT molecular complexity index is 578. The molecule has 0 aromatic carbocycles. The van der Waals surface area contributed by atoms with Crippen molar-refractivity contribution in [2.45, 2.75) is 64.0 Å². The van der Waals surface area contributed by atoms with Gasteiger partial charge in [-0.2, -0.15) is 0 Å². The Morgan fingerprint density at radius 1 is 1.30 bits per heavy atom. The van der Waals surface area contributed by atoms with E-state index in [1.807, 2.05) is 0 Å². The van der Waals surface area contributed by atoms with E-state index in [0.717, 1.165) is 32.5 Å². The van der Waals surface area contributed by atoms with Gasteiger partial charge < -0.3 is 9.47 Å². The summed E-state index contributed by atoms with van der Waals surface area (Å²) in [7, 11) is 0.